The summed E-state index contributed by atoms with van der Waals surface area (Å²) in [6.07, 6.45) is 1.41. The quantitative estimate of drug-likeness (QED) is 0.377. The molecule has 8 nitrogen and oxygen atoms in total. The molecule has 3 aromatic rings. The van der Waals surface area contributed by atoms with Gasteiger partial charge in [0.25, 0.3) is 0 Å². The first-order valence-corrected chi connectivity index (χ1v) is 11.7. The van der Waals surface area contributed by atoms with E-state index < -0.39 is 7.14 Å². The monoisotopic (exact) mass is 443 g/mol. The fourth-order valence-electron chi connectivity index (χ4n) is 2.59. The summed E-state index contributed by atoms with van der Waals surface area (Å²) in [5, 5.41) is 25.9. The van der Waals surface area contributed by atoms with Gasteiger partial charge in [0, 0.05) is 5.30 Å². The van der Waals surface area contributed by atoms with Crippen LogP contribution in [0.2, 0.25) is 5.02 Å². The van der Waals surface area contributed by atoms with Crippen LogP contribution in [-0.2, 0) is 4.57 Å². The zero-order chi connectivity index (χ0) is 21.9. The number of methoxy groups -OCH3 is 1. The van der Waals surface area contributed by atoms with Gasteiger partial charge >= 0.3 is 0 Å². The Morgan fingerprint density at radius 2 is 1.90 bits per heavy atom. The zero-order valence-electron chi connectivity index (χ0n) is 16.5. The number of halogens is 1. The van der Waals surface area contributed by atoms with E-state index in [0.29, 0.717) is 28.0 Å². The third kappa shape index (κ3) is 4.82. The van der Waals surface area contributed by atoms with Gasteiger partial charge in [0.15, 0.2) is 5.82 Å². The Balaban J connectivity index is 1.89. The third-order valence-corrected chi connectivity index (χ3v) is 5.98. The largest absolute Gasteiger partial charge is 0.506 e. The maximum Gasteiger partial charge on any atom is 0.229 e. The van der Waals surface area contributed by atoms with Crippen LogP contribution >= 0.6 is 18.7 Å². The van der Waals surface area contributed by atoms with Gasteiger partial charge in [0.05, 0.1) is 36.3 Å². The second-order valence-corrected chi connectivity index (χ2v) is 10.3. The van der Waals surface area contributed by atoms with Crippen LogP contribution in [0.3, 0.4) is 0 Å². The van der Waals surface area contributed by atoms with Crippen molar-refractivity contribution in [2.75, 3.05) is 31.1 Å². The second-order valence-electron chi connectivity index (χ2n) is 6.72. The standard InChI is InChI=1S/C20H19ClN5O3P/c1-29-18-9-13(30(2,3)28)5-7-16(18)25-20-23-11-14(21)19(26-20)24-15-6-4-12(10-22)8-17(15)27/h4-9,11,27H,1-3H3,(H2,23,24,25,26). The highest BCUT2D eigenvalue weighted by Gasteiger charge is 2.15. The van der Waals surface area contributed by atoms with Gasteiger partial charge in [-0.3, -0.25) is 0 Å². The topological polar surface area (TPSA) is 120 Å². The van der Waals surface area contributed by atoms with E-state index in [2.05, 4.69) is 20.6 Å². The van der Waals surface area contributed by atoms with Gasteiger partial charge in [0.1, 0.15) is 23.7 Å². The molecule has 0 fully saturated rings. The Kier molecular flexibility index (Phi) is 6.16. The molecular weight excluding hydrogens is 425 g/mol. The molecule has 0 saturated carbocycles. The van der Waals surface area contributed by atoms with E-state index in [1.54, 1.807) is 43.7 Å². The van der Waals surface area contributed by atoms with Crippen LogP contribution in [0.5, 0.6) is 11.5 Å². The summed E-state index contributed by atoms with van der Waals surface area (Å²) >= 11 is 6.18. The smallest absolute Gasteiger partial charge is 0.229 e. The zero-order valence-corrected chi connectivity index (χ0v) is 18.1. The molecule has 2 aromatic carbocycles. The molecule has 0 unspecified atom stereocenters. The van der Waals surface area contributed by atoms with Gasteiger partial charge in [-0.1, -0.05) is 11.6 Å². The Morgan fingerprint density at radius 1 is 1.17 bits per heavy atom. The number of benzene rings is 2. The maximum atomic E-state index is 12.3. The Bertz CT molecular complexity index is 1190. The number of aromatic nitrogens is 2. The van der Waals surface area contributed by atoms with E-state index in [9.17, 15) is 9.67 Å². The van der Waals surface area contributed by atoms with Gasteiger partial charge < -0.3 is 25.0 Å². The highest BCUT2D eigenvalue weighted by Crippen LogP contribution is 2.38. The average Bonchev–Trinajstić information content (AvgIpc) is 2.71. The van der Waals surface area contributed by atoms with Gasteiger partial charge in [-0.15, -0.1) is 0 Å². The van der Waals surface area contributed by atoms with Crippen molar-refractivity contribution in [3.8, 4) is 17.6 Å². The van der Waals surface area contributed by atoms with Crippen LogP contribution < -0.4 is 20.7 Å². The van der Waals surface area contributed by atoms with Crippen LogP contribution in [0.15, 0.2) is 42.6 Å². The van der Waals surface area contributed by atoms with E-state index in [-0.39, 0.29) is 22.5 Å². The van der Waals surface area contributed by atoms with Crippen LogP contribution in [0.25, 0.3) is 0 Å². The summed E-state index contributed by atoms with van der Waals surface area (Å²) in [6, 6.07) is 11.6. The molecule has 10 heteroatoms. The number of anilines is 4. The van der Waals surface area contributed by atoms with E-state index >= 15 is 0 Å². The summed E-state index contributed by atoms with van der Waals surface area (Å²) in [4.78, 5) is 8.50. The minimum atomic E-state index is -2.43. The first kappa shape index (κ1) is 21.4. The lowest BCUT2D eigenvalue weighted by Gasteiger charge is -2.15. The van der Waals surface area contributed by atoms with E-state index in [0.717, 1.165) is 0 Å². The molecule has 0 radical (unpaired) electrons. The number of hydrogen-bond acceptors (Lipinski definition) is 8. The molecule has 0 aliphatic rings. The Hall–Kier alpha value is -3.27. The number of nitrogens with one attached hydrogen (secondary N) is 2. The SMILES string of the molecule is COc1cc(P(C)(C)=O)ccc1Nc1ncc(Cl)c(Nc2ccc(C#N)cc2O)n1. The minimum Gasteiger partial charge on any atom is -0.506 e. The lowest BCUT2D eigenvalue weighted by Crippen LogP contribution is -2.07. The molecule has 3 N–H and O–H groups in total. The van der Waals surface area contributed by atoms with Crippen molar-refractivity contribution < 1.29 is 14.4 Å². The maximum absolute atomic E-state index is 12.3. The molecule has 1 aromatic heterocycles. The van der Waals surface area contributed by atoms with Gasteiger partial charge in [-0.25, -0.2) is 4.98 Å². The Labute approximate surface area is 178 Å². The van der Waals surface area contributed by atoms with Crippen molar-refractivity contribution in [3.05, 3.63) is 53.2 Å². The number of hydrogen-bond donors (Lipinski definition) is 3. The molecule has 0 aliphatic heterocycles. The van der Waals surface area contributed by atoms with Crippen LogP contribution in [-0.4, -0.2) is 35.5 Å². The molecule has 0 spiro atoms. The molecule has 0 amide bonds. The summed E-state index contributed by atoms with van der Waals surface area (Å²) in [6.45, 7) is 3.38. The number of phenolic OH excluding ortho intramolecular Hbond substituents is 1. The molecule has 3 rings (SSSR count). The molecule has 0 bridgehead atoms. The fourth-order valence-corrected chi connectivity index (χ4v) is 3.59. The number of phenols is 1. The predicted molar refractivity (Wildman–Crippen MR) is 119 cm³/mol. The van der Waals surface area contributed by atoms with Gasteiger partial charge in [-0.2, -0.15) is 10.2 Å². The summed E-state index contributed by atoms with van der Waals surface area (Å²) in [5.41, 5.74) is 1.25. The van der Waals surface area contributed by atoms with Crippen molar-refractivity contribution >= 4 is 47.2 Å². The van der Waals surface area contributed by atoms with Crippen LogP contribution in [0.4, 0.5) is 23.1 Å². The van der Waals surface area contributed by atoms with E-state index in [1.165, 1.54) is 19.4 Å². The lowest BCUT2D eigenvalue weighted by atomic mass is 10.2. The first-order valence-electron chi connectivity index (χ1n) is 8.74. The number of nitriles is 1. The van der Waals surface area contributed by atoms with Crippen molar-refractivity contribution in [1.29, 1.82) is 5.26 Å². The highest BCUT2D eigenvalue weighted by molar-refractivity contribution is 7.70. The van der Waals surface area contributed by atoms with Gasteiger partial charge in [-0.05, 0) is 49.7 Å². The van der Waals surface area contributed by atoms with Gasteiger partial charge in [0.2, 0.25) is 5.95 Å². The minimum absolute atomic E-state index is 0.112. The average molecular weight is 444 g/mol. The van der Waals surface area contributed by atoms with Crippen molar-refractivity contribution in [1.82, 2.24) is 9.97 Å². The van der Waals surface area contributed by atoms with Crippen LogP contribution in [0.1, 0.15) is 5.56 Å². The molecular formula is C20H19ClN5O3P. The Morgan fingerprint density at radius 3 is 2.53 bits per heavy atom. The molecule has 1 heterocycles. The van der Waals surface area contributed by atoms with Crippen molar-refractivity contribution in [3.63, 3.8) is 0 Å². The fraction of sp³-hybridized carbons (Fsp3) is 0.150. The van der Waals surface area contributed by atoms with Crippen LogP contribution in [0, 0.1) is 11.3 Å². The lowest BCUT2D eigenvalue weighted by molar-refractivity contribution is 0.417. The second kappa shape index (κ2) is 8.62. The number of nitrogens with zero attached hydrogens (tertiary/aromatic N) is 3. The van der Waals surface area contributed by atoms with E-state index in [4.69, 9.17) is 21.6 Å². The summed E-state index contributed by atoms with van der Waals surface area (Å²) in [7, 11) is -0.917. The predicted octanol–water partition coefficient (Wildman–Crippen LogP) is 4.45. The summed E-state index contributed by atoms with van der Waals surface area (Å²) in [5.74, 6) is 0.877. The molecule has 154 valence electrons. The molecule has 0 atom stereocenters. The summed E-state index contributed by atoms with van der Waals surface area (Å²) < 4.78 is 17.7. The third-order valence-electron chi connectivity index (χ3n) is 4.18. The molecule has 0 aliphatic carbocycles. The molecule has 0 saturated heterocycles. The van der Waals surface area contributed by atoms with E-state index in [1.807, 2.05) is 6.07 Å². The molecule has 30 heavy (non-hydrogen) atoms. The normalized spacial score (nSPS) is 10.9. The van der Waals surface area contributed by atoms with Crippen molar-refractivity contribution in [2.24, 2.45) is 0 Å². The highest BCUT2D eigenvalue weighted by atomic mass is 35.5. The van der Waals surface area contributed by atoms with Crippen molar-refractivity contribution in [2.45, 2.75) is 0 Å². The number of ether oxygens (including phenoxy) is 1. The number of aromatic hydroxyl groups is 1. The number of rotatable bonds is 6. The first-order chi connectivity index (χ1) is 14.2.